The second-order valence-corrected chi connectivity index (χ2v) is 6.24. The van der Waals surface area contributed by atoms with E-state index in [2.05, 4.69) is 22.1 Å². The number of likely N-dealkylation sites (N-methyl/N-ethyl adjacent to an activating group) is 1. The van der Waals surface area contributed by atoms with Crippen LogP contribution >= 0.6 is 0 Å². The van der Waals surface area contributed by atoms with Crippen molar-refractivity contribution in [2.45, 2.75) is 39.2 Å². The zero-order valence-electron chi connectivity index (χ0n) is 14.2. The molecule has 2 heterocycles. The van der Waals surface area contributed by atoms with Gasteiger partial charge in [0.05, 0.1) is 12.7 Å². The lowest BCUT2D eigenvalue weighted by atomic mass is 10.1. The molecular formula is C17H27N3O3. The second-order valence-electron chi connectivity index (χ2n) is 6.24. The number of nitrogens with zero attached hydrogens (tertiary/aromatic N) is 1. The van der Waals surface area contributed by atoms with Gasteiger partial charge in [-0.25, -0.2) is 0 Å². The number of aromatic amines is 1. The fourth-order valence-corrected chi connectivity index (χ4v) is 2.69. The van der Waals surface area contributed by atoms with Crippen LogP contribution in [-0.4, -0.2) is 54.7 Å². The van der Waals surface area contributed by atoms with E-state index in [1.54, 1.807) is 12.1 Å². The largest absolute Gasteiger partial charge is 0.375 e. The van der Waals surface area contributed by atoms with E-state index in [1.165, 1.54) is 0 Å². The van der Waals surface area contributed by atoms with Crippen molar-refractivity contribution in [1.82, 2.24) is 15.2 Å². The summed E-state index contributed by atoms with van der Waals surface area (Å²) in [5.74, 6) is -0.102. The molecule has 6 nitrogen and oxygen atoms in total. The fraction of sp³-hybridized carbons (Fsp3) is 0.647. The van der Waals surface area contributed by atoms with Gasteiger partial charge in [-0.05, 0) is 31.0 Å². The summed E-state index contributed by atoms with van der Waals surface area (Å²) in [5, 5.41) is 2.81. The minimum Gasteiger partial charge on any atom is -0.375 e. The van der Waals surface area contributed by atoms with Crippen LogP contribution in [0.1, 0.15) is 49.2 Å². The molecule has 0 radical (unpaired) electrons. The van der Waals surface area contributed by atoms with Crippen molar-refractivity contribution in [1.29, 1.82) is 0 Å². The van der Waals surface area contributed by atoms with Crippen molar-refractivity contribution < 1.29 is 9.53 Å². The van der Waals surface area contributed by atoms with Crippen molar-refractivity contribution in [3.63, 3.8) is 0 Å². The lowest BCUT2D eigenvalue weighted by molar-refractivity contribution is -0.0296. The van der Waals surface area contributed by atoms with Crippen molar-refractivity contribution in [3.8, 4) is 0 Å². The van der Waals surface area contributed by atoms with E-state index in [4.69, 9.17) is 4.74 Å². The minimum absolute atomic E-state index is 0.144. The second kappa shape index (κ2) is 8.26. The van der Waals surface area contributed by atoms with Crippen LogP contribution in [0.4, 0.5) is 0 Å². The quantitative estimate of drug-likeness (QED) is 0.829. The summed E-state index contributed by atoms with van der Waals surface area (Å²) in [4.78, 5) is 29.2. The molecular weight excluding hydrogens is 294 g/mol. The molecule has 1 amide bonds. The predicted molar refractivity (Wildman–Crippen MR) is 90.0 cm³/mol. The number of morpholine rings is 1. The predicted octanol–water partition coefficient (Wildman–Crippen LogP) is 1.34. The molecule has 0 saturated carbocycles. The maximum atomic E-state index is 12.1. The van der Waals surface area contributed by atoms with Crippen LogP contribution in [0.15, 0.2) is 16.9 Å². The Bertz CT molecular complexity index is 583. The molecule has 2 N–H and O–H groups in total. The number of ether oxygens (including phenoxy) is 1. The lowest BCUT2D eigenvalue weighted by Crippen LogP contribution is -2.43. The average Bonchev–Trinajstić information content (AvgIpc) is 2.54. The number of aromatic nitrogens is 1. The number of hydrogen-bond donors (Lipinski definition) is 2. The van der Waals surface area contributed by atoms with Gasteiger partial charge >= 0.3 is 0 Å². The number of hydrogen-bond acceptors (Lipinski definition) is 4. The first-order valence-corrected chi connectivity index (χ1v) is 8.36. The van der Waals surface area contributed by atoms with Crippen LogP contribution in [-0.2, 0) is 4.74 Å². The first-order valence-electron chi connectivity index (χ1n) is 8.36. The molecule has 1 fully saturated rings. The normalized spacial score (nSPS) is 19.0. The van der Waals surface area contributed by atoms with E-state index in [0.29, 0.717) is 6.54 Å². The molecule has 23 heavy (non-hydrogen) atoms. The monoisotopic (exact) mass is 321 g/mol. The Morgan fingerprint density at radius 1 is 1.48 bits per heavy atom. The fourth-order valence-electron chi connectivity index (χ4n) is 2.69. The summed E-state index contributed by atoms with van der Waals surface area (Å²) in [6.45, 7) is 10.3. The number of amides is 1. The maximum Gasteiger partial charge on any atom is 0.261 e. The Hall–Kier alpha value is -1.66. The van der Waals surface area contributed by atoms with Gasteiger partial charge in [-0.1, -0.05) is 20.8 Å². The van der Waals surface area contributed by atoms with Gasteiger partial charge in [0.2, 0.25) is 0 Å². The van der Waals surface area contributed by atoms with E-state index in [9.17, 15) is 9.59 Å². The molecule has 1 aliphatic heterocycles. The molecule has 1 aromatic rings. The minimum atomic E-state index is -0.334. The van der Waals surface area contributed by atoms with Crippen molar-refractivity contribution >= 4 is 5.91 Å². The van der Waals surface area contributed by atoms with E-state index in [-0.39, 0.29) is 29.1 Å². The van der Waals surface area contributed by atoms with Gasteiger partial charge in [-0.3, -0.25) is 14.5 Å². The van der Waals surface area contributed by atoms with Gasteiger partial charge in [0, 0.05) is 25.3 Å². The van der Waals surface area contributed by atoms with Gasteiger partial charge in [0.15, 0.2) is 0 Å². The number of pyridine rings is 1. The van der Waals surface area contributed by atoms with Gasteiger partial charge in [0.25, 0.3) is 11.5 Å². The Morgan fingerprint density at radius 2 is 2.26 bits per heavy atom. The molecule has 2 rings (SSSR count). The summed E-state index contributed by atoms with van der Waals surface area (Å²) in [7, 11) is 0. The molecule has 6 heteroatoms. The Balaban J connectivity index is 1.84. The molecule has 0 spiro atoms. The molecule has 1 atom stereocenters. The van der Waals surface area contributed by atoms with Crippen molar-refractivity contribution in [2.75, 3.05) is 32.8 Å². The van der Waals surface area contributed by atoms with Gasteiger partial charge in [0.1, 0.15) is 5.56 Å². The molecule has 0 aromatic carbocycles. The molecule has 1 saturated heterocycles. The van der Waals surface area contributed by atoms with Crippen LogP contribution in [0.3, 0.4) is 0 Å². The summed E-state index contributed by atoms with van der Waals surface area (Å²) in [6, 6.07) is 3.39. The number of carbonyl (C=O) groups excluding carboxylic acids is 1. The lowest BCUT2D eigenvalue weighted by Gasteiger charge is -2.32. The first-order chi connectivity index (χ1) is 11.0. The molecule has 1 aliphatic rings. The third-order valence-corrected chi connectivity index (χ3v) is 4.22. The number of H-pyrrole nitrogens is 1. The first kappa shape index (κ1) is 17.7. The highest BCUT2D eigenvalue weighted by Gasteiger charge is 2.19. The zero-order valence-corrected chi connectivity index (χ0v) is 14.2. The highest BCUT2D eigenvalue weighted by molar-refractivity contribution is 5.93. The van der Waals surface area contributed by atoms with Crippen LogP contribution < -0.4 is 10.9 Å². The van der Waals surface area contributed by atoms with E-state index < -0.39 is 0 Å². The van der Waals surface area contributed by atoms with Crippen LogP contribution in [0.2, 0.25) is 0 Å². The van der Waals surface area contributed by atoms with Crippen molar-refractivity contribution in [2.24, 2.45) is 0 Å². The van der Waals surface area contributed by atoms with Crippen LogP contribution in [0.25, 0.3) is 0 Å². The highest BCUT2D eigenvalue weighted by Crippen LogP contribution is 2.09. The average molecular weight is 321 g/mol. The van der Waals surface area contributed by atoms with E-state index >= 15 is 0 Å². The van der Waals surface area contributed by atoms with Crippen LogP contribution in [0.5, 0.6) is 0 Å². The van der Waals surface area contributed by atoms with Crippen LogP contribution in [0, 0.1) is 0 Å². The summed E-state index contributed by atoms with van der Waals surface area (Å²) in [5.41, 5.74) is 0.663. The summed E-state index contributed by atoms with van der Waals surface area (Å²) in [6.07, 6.45) is 0.898. The third kappa shape index (κ3) is 4.91. The SMILES string of the molecule is CCN1CCO[C@@H](CCNC(=O)c2ccc(C(C)C)[nH]c2=O)C1. The third-order valence-electron chi connectivity index (χ3n) is 4.22. The molecule has 128 valence electrons. The summed E-state index contributed by atoms with van der Waals surface area (Å²) < 4.78 is 5.70. The smallest absolute Gasteiger partial charge is 0.261 e. The van der Waals surface area contributed by atoms with Gasteiger partial charge in [-0.15, -0.1) is 0 Å². The maximum absolute atomic E-state index is 12.1. The van der Waals surface area contributed by atoms with E-state index in [1.807, 2.05) is 13.8 Å². The molecule has 0 unspecified atom stereocenters. The zero-order chi connectivity index (χ0) is 16.8. The molecule has 1 aromatic heterocycles. The molecule has 0 bridgehead atoms. The number of rotatable bonds is 6. The van der Waals surface area contributed by atoms with Gasteiger partial charge < -0.3 is 15.0 Å². The summed E-state index contributed by atoms with van der Waals surface area (Å²) >= 11 is 0. The highest BCUT2D eigenvalue weighted by atomic mass is 16.5. The molecule has 0 aliphatic carbocycles. The Morgan fingerprint density at radius 3 is 2.91 bits per heavy atom. The number of carbonyl (C=O) groups is 1. The van der Waals surface area contributed by atoms with Gasteiger partial charge in [-0.2, -0.15) is 0 Å². The van der Waals surface area contributed by atoms with E-state index in [0.717, 1.165) is 38.4 Å². The van der Waals surface area contributed by atoms with Crippen molar-refractivity contribution in [3.05, 3.63) is 33.7 Å². The number of nitrogens with one attached hydrogen (secondary N) is 2. The topological polar surface area (TPSA) is 74.4 Å². The standard InChI is InChI=1S/C17H27N3O3/c1-4-20-9-10-23-13(11-20)7-8-18-16(21)14-5-6-15(12(2)3)19-17(14)22/h5-6,12-13H,4,7-11H2,1-3H3,(H,18,21)(H,19,22)/t13-/m0/s1. The Labute approximate surface area is 137 Å². The Kier molecular flexibility index (Phi) is 6.36.